The number of fused-ring (bicyclic) bond motifs is 1. The van der Waals surface area contributed by atoms with E-state index >= 15 is 0 Å². The zero-order chi connectivity index (χ0) is 20.2. The van der Waals surface area contributed by atoms with E-state index in [2.05, 4.69) is 21.7 Å². The van der Waals surface area contributed by atoms with Crippen LogP contribution in [0, 0.1) is 0 Å². The first-order chi connectivity index (χ1) is 14.1. The summed E-state index contributed by atoms with van der Waals surface area (Å²) in [6, 6.07) is 22.7. The van der Waals surface area contributed by atoms with Gasteiger partial charge >= 0.3 is 0 Å². The van der Waals surface area contributed by atoms with Crippen LogP contribution in [-0.4, -0.2) is 23.1 Å². The number of thiazole rings is 1. The van der Waals surface area contributed by atoms with Gasteiger partial charge in [-0.05, 0) is 54.7 Å². The zero-order valence-corrected chi connectivity index (χ0v) is 17.1. The summed E-state index contributed by atoms with van der Waals surface area (Å²) < 4.78 is 6.29. The van der Waals surface area contributed by atoms with Gasteiger partial charge in [-0.1, -0.05) is 30.3 Å². The van der Waals surface area contributed by atoms with E-state index in [9.17, 15) is 4.79 Å². The molecule has 0 aliphatic rings. The summed E-state index contributed by atoms with van der Waals surface area (Å²) in [6.07, 6.45) is 0. The van der Waals surface area contributed by atoms with Crippen molar-refractivity contribution in [1.29, 1.82) is 0 Å². The summed E-state index contributed by atoms with van der Waals surface area (Å²) in [4.78, 5) is 17.1. The first kappa shape index (κ1) is 19.0. The Kier molecular flexibility index (Phi) is 5.50. The van der Waals surface area contributed by atoms with Crippen molar-refractivity contribution in [2.75, 3.05) is 12.4 Å². The number of nitrogens with one attached hydrogen (secondary N) is 2. The molecule has 2 N–H and O–H groups in total. The number of ether oxygens (including phenoxy) is 1. The van der Waals surface area contributed by atoms with Crippen molar-refractivity contribution in [3.63, 3.8) is 0 Å². The lowest BCUT2D eigenvalue weighted by Crippen LogP contribution is -2.34. The number of hydrogen-bond donors (Lipinski definition) is 2. The Labute approximate surface area is 177 Å². The van der Waals surface area contributed by atoms with E-state index in [0.29, 0.717) is 11.3 Å². The van der Waals surface area contributed by atoms with Gasteiger partial charge in [0, 0.05) is 16.8 Å². The average molecular weight is 420 g/mol. The van der Waals surface area contributed by atoms with Gasteiger partial charge in [0.1, 0.15) is 10.8 Å². The average Bonchev–Trinajstić information content (AvgIpc) is 3.18. The van der Waals surface area contributed by atoms with Crippen molar-refractivity contribution in [2.45, 2.75) is 0 Å². The highest BCUT2D eigenvalue weighted by molar-refractivity contribution is 7.80. The van der Waals surface area contributed by atoms with E-state index < -0.39 is 0 Å². The molecule has 3 aromatic carbocycles. The number of methoxy groups -OCH3 is 1. The van der Waals surface area contributed by atoms with E-state index in [1.54, 1.807) is 42.7 Å². The van der Waals surface area contributed by atoms with Gasteiger partial charge in [0.05, 0.1) is 17.3 Å². The third-order valence-corrected chi connectivity index (χ3v) is 5.51. The van der Waals surface area contributed by atoms with Crippen LogP contribution in [0.3, 0.4) is 0 Å². The maximum atomic E-state index is 12.4. The number of thiocarbonyl (C=S) groups is 1. The third kappa shape index (κ3) is 4.42. The van der Waals surface area contributed by atoms with Gasteiger partial charge in [0.25, 0.3) is 5.91 Å². The van der Waals surface area contributed by atoms with Gasteiger partial charge in [0.2, 0.25) is 0 Å². The molecule has 0 radical (unpaired) electrons. The van der Waals surface area contributed by atoms with Gasteiger partial charge in [-0.15, -0.1) is 11.3 Å². The Morgan fingerprint density at radius 3 is 2.69 bits per heavy atom. The standard InChI is InChI=1S/C22H17N3O2S2/c1-27-17-9-5-6-14(13-17)20(26)25-22(28)23-16-8-4-7-15(12-16)21-24-18-10-2-3-11-19(18)29-21/h2-13H,1H3,(H2,23,25,26,28). The van der Waals surface area contributed by atoms with Crippen molar-refractivity contribution >= 4 is 50.5 Å². The number of aromatic nitrogens is 1. The first-order valence-corrected chi connectivity index (χ1v) is 10.1. The molecule has 1 aromatic heterocycles. The number of carbonyl (C=O) groups is 1. The van der Waals surface area contributed by atoms with Gasteiger partial charge in [-0.25, -0.2) is 4.98 Å². The predicted molar refractivity (Wildman–Crippen MR) is 122 cm³/mol. The van der Waals surface area contributed by atoms with E-state index in [1.807, 2.05) is 42.5 Å². The predicted octanol–water partition coefficient (Wildman–Crippen LogP) is 5.10. The summed E-state index contributed by atoms with van der Waals surface area (Å²) in [7, 11) is 1.56. The fourth-order valence-corrected chi connectivity index (χ4v) is 4.00. The quantitative estimate of drug-likeness (QED) is 0.451. The zero-order valence-electron chi connectivity index (χ0n) is 15.5. The molecule has 0 unspecified atom stereocenters. The van der Waals surface area contributed by atoms with Gasteiger partial charge in [-0.3, -0.25) is 10.1 Å². The summed E-state index contributed by atoms with van der Waals surface area (Å²) in [5.41, 5.74) is 3.21. The molecule has 0 fully saturated rings. The molecule has 0 atom stereocenters. The molecular weight excluding hydrogens is 402 g/mol. The summed E-state index contributed by atoms with van der Waals surface area (Å²) in [5.74, 6) is 0.309. The van der Waals surface area contributed by atoms with Gasteiger partial charge in [-0.2, -0.15) is 0 Å². The smallest absolute Gasteiger partial charge is 0.257 e. The minimum absolute atomic E-state index is 0.222. The number of amides is 1. The van der Waals surface area contributed by atoms with Crippen LogP contribution in [0.2, 0.25) is 0 Å². The van der Waals surface area contributed by atoms with E-state index in [1.165, 1.54) is 0 Å². The van der Waals surface area contributed by atoms with Crippen molar-refractivity contribution < 1.29 is 9.53 Å². The van der Waals surface area contributed by atoms with E-state index in [4.69, 9.17) is 17.0 Å². The number of para-hydroxylation sites is 1. The second kappa shape index (κ2) is 8.38. The Hall–Kier alpha value is -3.29. The first-order valence-electron chi connectivity index (χ1n) is 8.85. The van der Waals surface area contributed by atoms with Gasteiger partial charge in [0.15, 0.2) is 5.11 Å². The van der Waals surface area contributed by atoms with Crippen LogP contribution >= 0.6 is 23.6 Å². The molecular formula is C22H17N3O2S2. The highest BCUT2D eigenvalue weighted by atomic mass is 32.1. The minimum Gasteiger partial charge on any atom is -0.497 e. The SMILES string of the molecule is COc1cccc(C(=O)NC(=S)Nc2cccc(-c3nc4ccccc4s3)c2)c1. The molecule has 144 valence electrons. The van der Waals surface area contributed by atoms with Crippen LogP contribution in [0.4, 0.5) is 5.69 Å². The maximum Gasteiger partial charge on any atom is 0.257 e. The molecule has 4 rings (SSSR count). The molecule has 1 heterocycles. The highest BCUT2D eigenvalue weighted by Crippen LogP contribution is 2.31. The molecule has 0 spiro atoms. The minimum atomic E-state index is -0.302. The Bertz CT molecular complexity index is 1170. The largest absolute Gasteiger partial charge is 0.497 e. The summed E-state index contributed by atoms with van der Waals surface area (Å²) in [5, 5.41) is 6.90. The van der Waals surface area contributed by atoms with Crippen molar-refractivity contribution in [3.05, 3.63) is 78.4 Å². The summed E-state index contributed by atoms with van der Waals surface area (Å²) in [6.45, 7) is 0. The van der Waals surface area contributed by atoms with Crippen LogP contribution in [0.25, 0.3) is 20.8 Å². The van der Waals surface area contributed by atoms with E-state index in [-0.39, 0.29) is 11.0 Å². The molecule has 0 saturated heterocycles. The molecule has 29 heavy (non-hydrogen) atoms. The molecule has 1 amide bonds. The monoisotopic (exact) mass is 419 g/mol. The topological polar surface area (TPSA) is 63.2 Å². The van der Waals surface area contributed by atoms with Crippen LogP contribution in [0.1, 0.15) is 10.4 Å². The van der Waals surface area contributed by atoms with Crippen molar-refractivity contribution in [2.24, 2.45) is 0 Å². The number of nitrogens with zero attached hydrogens (tertiary/aromatic N) is 1. The molecule has 0 saturated carbocycles. The Balaban J connectivity index is 1.47. The number of anilines is 1. The second-order valence-electron chi connectivity index (χ2n) is 6.21. The maximum absolute atomic E-state index is 12.4. The second-order valence-corrected chi connectivity index (χ2v) is 7.65. The van der Waals surface area contributed by atoms with Gasteiger partial charge < -0.3 is 10.1 Å². The van der Waals surface area contributed by atoms with Crippen LogP contribution in [-0.2, 0) is 0 Å². The normalized spacial score (nSPS) is 10.5. The van der Waals surface area contributed by atoms with Crippen LogP contribution in [0.5, 0.6) is 5.75 Å². The Morgan fingerprint density at radius 2 is 1.86 bits per heavy atom. The van der Waals surface area contributed by atoms with E-state index in [0.717, 1.165) is 26.5 Å². The lowest BCUT2D eigenvalue weighted by molar-refractivity contribution is 0.0977. The number of carbonyl (C=O) groups excluding carboxylic acids is 1. The van der Waals surface area contributed by atoms with Crippen LogP contribution in [0.15, 0.2) is 72.8 Å². The molecule has 0 aliphatic carbocycles. The molecule has 4 aromatic rings. The number of rotatable bonds is 4. The fourth-order valence-electron chi connectivity index (χ4n) is 2.83. The van der Waals surface area contributed by atoms with Crippen LogP contribution < -0.4 is 15.4 Å². The third-order valence-electron chi connectivity index (χ3n) is 4.22. The number of hydrogen-bond acceptors (Lipinski definition) is 5. The molecule has 7 heteroatoms. The van der Waals surface area contributed by atoms with Crippen molar-refractivity contribution in [1.82, 2.24) is 10.3 Å². The number of benzene rings is 3. The molecule has 5 nitrogen and oxygen atoms in total. The lowest BCUT2D eigenvalue weighted by Gasteiger charge is -2.11. The van der Waals surface area contributed by atoms with Crippen molar-refractivity contribution in [3.8, 4) is 16.3 Å². The highest BCUT2D eigenvalue weighted by Gasteiger charge is 2.10. The molecule has 0 aliphatic heterocycles. The summed E-state index contributed by atoms with van der Waals surface area (Å²) >= 11 is 6.93. The Morgan fingerprint density at radius 1 is 1.03 bits per heavy atom. The lowest BCUT2D eigenvalue weighted by atomic mass is 10.2. The fraction of sp³-hybridized carbons (Fsp3) is 0.0455. The molecule has 0 bridgehead atoms.